The van der Waals surface area contributed by atoms with Gasteiger partial charge in [-0.1, -0.05) is 0 Å². The highest BCUT2D eigenvalue weighted by molar-refractivity contribution is 6.42. The van der Waals surface area contributed by atoms with Crippen molar-refractivity contribution in [2.45, 2.75) is 0 Å². The summed E-state index contributed by atoms with van der Waals surface area (Å²) in [5, 5.41) is 0. The van der Waals surface area contributed by atoms with Crippen LogP contribution in [0, 0.1) is 0 Å². The monoisotopic (exact) mass is 178 g/mol. The van der Waals surface area contributed by atoms with Gasteiger partial charge in [0.05, 0.1) is 7.11 Å². The molecule has 0 aliphatic rings. The molecule has 4 heteroatoms. The number of ketones is 1. The smallest absolute Gasteiger partial charge is 0.310 e. The molecule has 1 amide bonds. The lowest BCUT2D eigenvalue weighted by atomic mass is 10.1. The van der Waals surface area contributed by atoms with E-state index >= 15 is 0 Å². The molecule has 0 saturated carbocycles. The van der Waals surface area contributed by atoms with Crippen LogP contribution in [0.3, 0.4) is 0 Å². The summed E-state index contributed by atoms with van der Waals surface area (Å²) in [5.41, 5.74) is 6.81. The van der Waals surface area contributed by atoms with Crippen molar-refractivity contribution in [2.24, 2.45) is 0 Å². The van der Waals surface area contributed by atoms with Gasteiger partial charge in [0, 0.05) is 5.56 Å². The molecule has 0 bridgehead atoms. The lowest BCUT2D eigenvalue weighted by Crippen LogP contribution is -2.14. The number of carbonyl (C=O) groups is 2. The van der Waals surface area contributed by atoms with E-state index in [0.717, 1.165) is 0 Å². The summed E-state index contributed by atoms with van der Waals surface area (Å²) in [6, 6.07) is 6.04. The van der Waals surface area contributed by atoms with E-state index in [9.17, 15) is 9.59 Å². The molecule has 0 spiro atoms. The van der Waals surface area contributed by atoms with Gasteiger partial charge in [0.2, 0.25) is 0 Å². The number of methoxy groups -OCH3 is 1. The summed E-state index contributed by atoms with van der Waals surface area (Å²) in [6.07, 6.45) is 0. The number of carbonyl (C=O) groups excluding carboxylic acids is 2. The summed E-state index contributed by atoms with van der Waals surface area (Å²) < 4.78 is 4.87. The van der Waals surface area contributed by atoms with Gasteiger partial charge in [0.25, 0.3) is 5.78 Å². The second-order valence-electron chi connectivity index (χ2n) is 2.39. The van der Waals surface area contributed by atoms with Crippen molar-refractivity contribution in [3.63, 3.8) is 0 Å². The molecule has 67 valence electrons. The van der Waals surface area contributed by atoms with Crippen LogP contribution >= 0.6 is 0 Å². The van der Waals surface area contributed by atoms with Crippen molar-refractivity contribution in [1.29, 1.82) is 0 Å². The topological polar surface area (TPSA) is 67.2 Å². The van der Waals surface area contributed by atoms with Gasteiger partial charge in [-0.15, -0.1) is 0 Å². The van der Waals surface area contributed by atoms with Crippen LogP contribution < -0.4 is 10.5 Å². The number of hydrogen-bond donors (Lipinski definition) is 0. The standard InChI is InChI=1S/C9H8NO3/c1-13-7-4-2-6(3-5-7)8(11)9(10)12/h2-5,10H,1H3. The second-order valence-corrected chi connectivity index (χ2v) is 2.39. The predicted molar refractivity (Wildman–Crippen MR) is 45.4 cm³/mol. The first-order chi connectivity index (χ1) is 6.15. The molecule has 0 aliphatic heterocycles. The fourth-order valence-corrected chi connectivity index (χ4v) is 0.873. The number of hydrogen-bond acceptors (Lipinski definition) is 3. The maximum atomic E-state index is 11.0. The molecule has 13 heavy (non-hydrogen) atoms. The molecule has 0 aromatic heterocycles. The predicted octanol–water partition coefficient (Wildman–Crippen LogP) is 0.687. The molecule has 1 aromatic carbocycles. The molecule has 0 atom stereocenters. The van der Waals surface area contributed by atoms with Crippen molar-refractivity contribution in [1.82, 2.24) is 5.73 Å². The second kappa shape index (κ2) is 3.71. The van der Waals surface area contributed by atoms with Gasteiger partial charge in [0.15, 0.2) is 0 Å². The summed E-state index contributed by atoms with van der Waals surface area (Å²) >= 11 is 0. The molecule has 1 N–H and O–H groups in total. The van der Waals surface area contributed by atoms with Crippen molar-refractivity contribution < 1.29 is 14.3 Å². The fourth-order valence-electron chi connectivity index (χ4n) is 0.873. The zero-order chi connectivity index (χ0) is 9.84. The Bertz CT molecular complexity index is 329. The summed E-state index contributed by atoms with van der Waals surface area (Å²) in [5.74, 6) is -1.40. The van der Waals surface area contributed by atoms with Crippen LogP contribution in [-0.4, -0.2) is 18.8 Å². The zero-order valence-electron chi connectivity index (χ0n) is 7.03. The Kier molecular flexibility index (Phi) is 2.64. The van der Waals surface area contributed by atoms with Crippen LogP contribution in [-0.2, 0) is 4.79 Å². The Balaban J connectivity index is 2.92. The van der Waals surface area contributed by atoms with E-state index in [0.29, 0.717) is 5.75 Å². The number of ether oxygens (including phenoxy) is 1. The van der Waals surface area contributed by atoms with Crippen LogP contribution in [0.2, 0.25) is 0 Å². The van der Waals surface area contributed by atoms with E-state index in [2.05, 4.69) is 0 Å². The van der Waals surface area contributed by atoms with Crippen molar-refractivity contribution in [2.75, 3.05) is 7.11 Å². The van der Waals surface area contributed by atoms with Gasteiger partial charge >= 0.3 is 5.91 Å². The zero-order valence-corrected chi connectivity index (χ0v) is 7.03. The molecular weight excluding hydrogens is 170 g/mol. The van der Waals surface area contributed by atoms with E-state index in [-0.39, 0.29) is 5.56 Å². The first-order valence-corrected chi connectivity index (χ1v) is 3.59. The van der Waals surface area contributed by atoms with Gasteiger partial charge in [-0.25, -0.2) is 0 Å². The van der Waals surface area contributed by atoms with Crippen LogP contribution in [0.25, 0.3) is 0 Å². The number of amides is 1. The SMILES string of the molecule is COc1ccc(C(=O)C([NH])=O)cc1. The van der Waals surface area contributed by atoms with Gasteiger partial charge in [-0.2, -0.15) is 0 Å². The minimum atomic E-state index is -1.20. The number of rotatable bonds is 3. The molecule has 0 unspecified atom stereocenters. The third-order valence-electron chi connectivity index (χ3n) is 1.56. The lowest BCUT2D eigenvalue weighted by Gasteiger charge is -1.99. The maximum absolute atomic E-state index is 11.0. The highest BCUT2D eigenvalue weighted by Gasteiger charge is 2.12. The van der Waals surface area contributed by atoms with Crippen LogP contribution in [0.15, 0.2) is 24.3 Å². The van der Waals surface area contributed by atoms with Crippen LogP contribution in [0.1, 0.15) is 10.4 Å². The Hall–Kier alpha value is -1.84. The molecule has 0 fully saturated rings. The first-order valence-electron chi connectivity index (χ1n) is 3.59. The number of Topliss-reactive ketones (excluding diaryl/α,β-unsaturated/α-hetero) is 1. The van der Waals surface area contributed by atoms with Gasteiger partial charge in [-0.05, 0) is 24.3 Å². The number of benzene rings is 1. The molecule has 0 saturated heterocycles. The van der Waals surface area contributed by atoms with E-state index in [1.165, 1.54) is 19.2 Å². The third-order valence-corrected chi connectivity index (χ3v) is 1.56. The van der Waals surface area contributed by atoms with Gasteiger partial charge < -0.3 is 4.74 Å². The Morgan fingerprint density at radius 1 is 1.23 bits per heavy atom. The average Bonchev–Trinajstić information content (AvgIpc) is 2.17. The fraction of sp³-hybridized carbons (Fsp3) is 0.111. The summed E-state index contributed by atoms with van der Waals surface area (Å²) in [4.78, 5) is 21.4. The normalized spacial score (nSPS) is 9.31. The van der Waals surface area contributed by atoms with Crippen LogP contribution in [0.4, 0.5) is 0 Å². The molecule has 1 rings (SSSR count). The largest absolute Gasteiger partial charge is 0.497 e. The Morgan fingerprint density at radius 3 is 2.15 bits per heavy atom. The van der Waals surface area contributed by atoms with Crippen LogP contribution in [0.5, 0.6) is 5.75 Å². The van der Waals surface area contributed by atoms with E-state index < -0.39 is 11.7 Å². The van der Waals surface area contributed by atoms with E-state index in [1.807, 2.05) is 0 Å². The first kappa shape index (κ1) is 9.25. The summed E-state index contributed by atoms with van der Waals surface area (Å²) in [7, 11) is 1.51. The minimum absolute atomic E-state index is 0.209. The highest BCUT2D eigenvalue weighted by Crippen LogP contribution is 2.11. The number of nitrogens with one attached hydrogen (secondary N) is 1. The van der Waals surface area contributed by atoms with Crippen molar-refractivity contribution >= 4 is 11.7 Å². The molecule has 0 aliphatic carbocycles. The Morgan fingerprint density at radius 2 is 1.77 bits per heavy atom. The van der Waals surface area contributed by atoms with Gasteiger partial charge in [-0.3, -0.25) is 15.3 Å². The molecular formula is C9H8NO3. The minimum Gasteiger partial charge on any atom is -0.497 e. The quantitative estimate of drug-likeness (QED) is 0.505. The summed E-state index contributed by atoms with van der Waals surface area (Å²) in [6.45, 7) is 0. The highest BCUT2D eigenvalue weighted by atomic mass is 16.5. The maximum Gasteiger partial charge on any atom is 0.310 e. The van der Waals surface area contributed by atoms with Crippen molar-refractivity contribution in [3.8, 4) is 5.75 Å². The lowest BCUT2D eigenvalue weighted by molar-refractivity contribution is -0.114. The van der Waals surface area contributed by atoms with Gasteiger partial charge in [0.1, 0.15) is 5.75 Å². The molecule has 1 radical (unpaired) electrons. The Labute approximate surface area is 75.3 Å². The average molecular weight is 178 g/mol. The molecule has 0 heterocycles. The third kappa shape index (κ3) is 2.05. The molecule has 4 nitrogen and oxygen atoms in total. The van der Waals surface area contributed by atoms with Crippen molar-refractivity contribution in [3.05, 3.63) is 29.8 Å². The van der Waals surface area contributed by atoms with E-state index in [1.54, 1.807) is 12.1 Å². The molecule has 1 aromatic rings. The van der Waals surface area contributed by atoms with E-state index in [4.69, 9.17) is 10.5 Å².